The Hall–Kier alpha value is -2.57. The second-order valence-corrected chi connectivity index (χ2v) is 6.10. The van der Waals surface area contributed by atoms with Crippen molar-refractivity contribution in [3.63, 3.8) is 0 Å². The molecular formula is C16H11Cl2N5O. The Kier molecular flexibility index (Phi) is 3.44. The summed E-state index contributed by atoms with van der Waals surface area (Å²) < 4.78 is 2.73. The summed E-state index contributed by atoms with van der Waals surface area (Å²) in [5, 5.41) is 5.25. The Morgan fingerprint density at radius 1 is 1.04 bits per heavy atom. The molecule has 0 saturated heterocycles. The molecule has 0 amide bonds. The molecule has 0 unspecified atom stereocenters. The summed E-state index contributed by atoms with van der Waals surface area (Å²) in [5.74, 6) is 0.190. The summed E-state index contributed by atoms with van der Waals surface area (Å²) in [6.07, 6.45) is 0. The summed E-state index contributed by atoms with van der Waals surface area (Å²) in [6.45, 7) is 0.146. The molecule has 0 radical (unpaired) electrons. The van der Waals surface area contributed by atoms with Gasteiger partial charge in [0.05, 0.1) is 17.6 Å². The van der Waals surface area contributed by atoms with E-state index in [0.29, 0.717) is 32.3 Å². The SMILES string of the molecule is Nc1nc2ccccc2n2c(=O)n(Cc3c(Cl)cccc3Cl)nc12. The van der Waals surface area contributed by atoms with Gasteiger partial charge in [0.2, 0.25) is 5.65 Å². The van der Waals surface area contributed by atoms with Crippen molar-refractivity contribution in [1.29, 1.82) is 0 Å². The zero-order valence-corrected chi connectivity index (χ0v) is 13.8. The summed E-state index contributed by atoms with van der Waals surface area (Å²) in [5.41, 5.74) is 7.83. The monoisotopic (exact) mass is 359 g/mol. The van der Waals surface area contributed by atoms with Gasteiger partial charge in [-0.1, -0.05) is 41.4 Å². The van der Waals surface area contributed by atoms with Crippen LogP contribution in [0.5, 0.6) is 0 Å². The fourth-order valence-electron chi connectivity index (χ4n) is 2.65. The van der Waals surface area contributed by atoms with E-state index in [1.807, 2.05) is 12.1 Å². The number of rotatable bonds is 2. The molecule has 24 heavy (non-hydrogen) atoms. The molecule has 0 atom stereocenters. The average Bonchev–Trinajstić information content (AvgIpc) is 2.89. The van der Waals surface area contributed by atoms with Gasteiger partial charge in [-0.3, -0.25) is 0 Å². The molecule has 4 aromatic rings. The molecule has 0 spiro atoms. The maximum Gasteiger partial charge on any atom is 0.351 e. The van der Waals surface area contributed by atoms with Crippen molar-refractivity contribution in [3.05, 3.63) is 68.6 Å². The van der Waals surface area contributed by atoms with Crippen molar-refractivity contribution in [3.8, 4) is 0 Å². The molecule has 0 aliphatic carbocycles. The third kappa shape index (κ3) is 2.23. The first-order chi connectivity index (χ1) is 11.6. The Balaban J connectivity index is 1.98. The van der Waals surface area contributed by atoms with E-state index in [0.717, 1.165) is 0 Å². The van der Waals surface area contributed by atoms with Crippen LogP contribution in [0.25, 0.3) is 16.7 Å². The van der Waals surface area contributed by atoms with Crippen LogP contribution in [0.1, 0.15) is 5.56 Å². The van der Waals surface area contributed by atoms with Gasteiger partial charge in [0.1, 0.15) is 0 Å². The van der Waals surface area contributed by atoms with Crippen LogP contribution in [0.3, 0.4) is 0 Å². The molecule has 0 aliphatic rings. The lowest BCUT2D eigenvalue weighted by Crippen LogP contribution is -2.22. The molecule has 0 aliphatic heterocycles. The number of nitrogens with two attached hydrogens (primary N) is 1. The average molecular weight is 360 g/mol. The third-order valence-corrected chi connectivity index (χ3v) is 4.51. The first-order valence-corrected chi connectivity index (χ1v) is 7.88. The van der Waals surface area contributed by atoms with Crippen LogP contribution in [0.15, 0.2) is 47.3 Å². The number of aromatic nitrogens is 4. The summed E-state index contributed by atoms with van der Waals surface area (Å²) in [7, 11) is 0. The van der Waals surface area contributed by atoms with E-state index in [1.165, 1.54) is 9.08 Å². The molecule has 0 bridgehead atoms. The van der Waals surface area contributed by atoms with Gasteiger partial charge in [0.15, 0.2) is 5.82 Å². The molecule has 6 nitrogen and oxygen atoms in total. The minimum Gasteiger partial charge on any atom is -0.381 e. The second-order valence-electron chi connectivity index (χ2n) is 5.29. The van der Waals surface area contributed by atoms with E-state index in [-0.39, 0.29) is 18.1 Å². The molecule has 8 heteroatoms. The lowest BCUT2D eigenvalue weighted by molar-refractivity contribution is 0.660. The highest BCUT2D eigenvalue weighted by atomic mass is 35.5. The quantitative estimate of drug-likeness (QED) is 0.596. The molecule has 2 N–H and O–H groups in total. The Morgan fingerprint density at radius 3 is 2.50 bits per heavy atom. The molecule has 0 fully saturated rings. The summed E-state index contributed by atoms with van der Waals surface area (Å²) in [6, 6.07) is 12.4. The van der Waals surface area contributed by atoms with Gasteiger partial charge in [0, 0.05) is 15.6 Å². The number of nitrogens with zero attached hydrogens (tertiary/aromatic N) is 4. The number of halogens is 2. The topological polar surface area (TPSA) is 78.2 Å². The first-order valence-electron chi connectivity index (χ1n) is 7.13. The zero-order valence-electron chi connectivity index (χ0n) is 12.3. The van der Waals surface area contributed by atoms with Gasteiger partial charge in [-0.2, -0.15) is 0 Å². The molecule has 4 rings (SSSR count). The van der Waals surface area contributed by atoms with E-state index in [4.69, 9.17) is 28.9 Å². The molecular weight excluding hydrogens is 349 g/mol. The fraction of sp³-hybridized carbons (Fsp3) is 0.0625. The molecule has 2 aromatic carbocycles. The smallest absolute Gasteiger partial charge is 0.351 e. The van der Waals surface area contributed by atoms with Crippen LogP contribution < -0.4 is 11.4 Å². The number of hydrogen-bond acceptors (Lipinski definition) is 4. The fourth-order valence-corrected chi connectivity index (χ4v) is 3.17. The molecule has 2 heterocycles. The van der Waals surface area contributed by atoms with Crippen LogP contribution in [0.2, 0.25) is 10.0 Å². The number of nitrogen functional groups attached to an aromatic ring is 1. The first kappa shape index (κ1) is 15.0. The van der Waals surface area contributed by atoms with Gasteiger partial charge < -0.3 is 5.73 Å². The molecule has 120 valence electrons. The Labute approximate surface area is 146 Å². The predicted octanol–water partition coefficient (Wildman–Crippen LogP) is 2.98. The van der Waals surface area contributed by atoms with Crippen molar-refractivity contribution in [1.82, 2.24) is 19.2 Å². The van der Waals surface area contributed by atoms with Gasteiger partial charge in [-0.05, 0) is 24.3 Å². The van der Waals surface area contributed by atoms with E-state index >= 15 is 0 Å². The normalized spacial score (nSPS) is 11.4. The van der Waals surface area contributed by atoms with E-state index in [1.54, 1.807) is 30.3 Å². The largest absolute Gasteiger partial charge is 0.381 e. The lowest BCUT2D eigenvalue weighted by Gasteiger charge is -2.05. The van der Waals surface area contributed by atoms with Crippen LogP contribution in [0, 0.1) is 0 Å². The van der Waals surface area contributed by atoms with Crippen LogP contribution >= 0.6 is 23.2 Å². The summed E-state index contributed by atoms with van der Waals surface area (Å²) in [4.78, 5) is 17.1. The van der Waals surface area contributed by atoms with Crippen molar-refractivity contribution in [2.75, 3.05) is 5.73 Å². The number of para-hydroxylation sites is 2. The summed E-state index contributed by atoms with van der Waals surface area (Å²) >= 11 is 12.4. The van der Waals surface area contributed by atoms with E-state index in [9.17, 15) is 4.79 Å². The van der Waals surface area contributed by atoms with Crippen molar-refractivity contribution in [2.45, 2.75) is 6.54 Å². The highest BCUT2D eigenvalue weighted by molar-refractivity contribution is 6.35. The predicted molar refractivity (Wildman–Crippen MR) is 94.7 cm³/mol. The minimum absolute atomic E-state index is 0.146. The lowest BCUT2D eigenvalue weighted by atomic mass is 10.2. The number of anilines is 1. The standard InChI is InChI=1S/C16H11Cl2N5O/c17-10-4-3-5-11(18)9(10)8-22-16(24)23-13-7-2-1-6-12(13)20-14(19)15(23)21-22/h1-7H,8H2,(H2,19,20). The van der Waals surface area contributed by atoms with Gasteiger partial charge in [0.25, 0.3) is 0 Å². The maximum atomic E-state index is 12.8. The maximum absolute atomic E-state index is 12.8. The second kappa shape index (κ2) is 5.51. The van der Waals surface area contributed by atoms with Crippen LogP contribution in [0.4, 0.5) is 5.82 Å². The number of hydrogen-bond donors (Lipinski definition) is 1. The zero-order chi connectivity index (χ0) is 16.8. The highest BCUT2D eigenvalue weighted by Crippen LogP contribution is 2.25. The van der Waals surface area contributed by atoms with Crippen LogP contribution in [-0.2, 0) is 6.54 Å². The van der Waals surface area contributed by atoms with Crippen molar-refractivity contribution < 1.29 is 0 Å². The number of fused-ring (bicyclic) bond motifs is 3. The van der Waals surface area contributed by atoms with Gasteiger partial charge in [-0.25, -0.2) is 18.9 Å². The van der Waals surface area contributed by atoms with E-state index in [2.05, 4.69) is 10.1 Å². The van der Waals surface area contributed by atoms with Gasteiger partial charge in [-0.15, -0.1) is 5.10 Å². The van der Waals surface area contributed by atoms with Gasteiger partial charge >= 0.3 is 5.69 Å². The molecule has 2 aromatic heterocycles. The van der Waals surface area contributed by atoms with E-state index < -0.39 is 0 Å². The minimum atomic E-state index is -0.328. The van der Waals surface area contributed by atoms with Crippen molar-refractivity contribution in [2.24, 2.45) is 0 Å². The Morgan fingerprint density at radius 2 is 1.75 bits per heavy atom. The third-order valence-electron chi connectivity index (χ3n) is 3.80. The highest BCUT2D eigenvalue weighted by Gasteiger charge is 2.16. The molecule has 0 saturated carbocycles. The number of benzene rings is 2. The van der Waals surface area contributed by atoms with Crippen molar-refractivity contribution >= 4 is 45.7 Å². The van der Waals surface area contributed by atoms with Crippen LogP contribution in [-0.4, -0.2) is 19.2 Å². The Bertz CT molecular complexity index is 1130.